The quantitative estimate of drug-likeness (QED) is 0.580. The molecule has 7 heteroatoms. The van der Waals surface area contributed by atoms with E-state index in [4.69, 9.17) is 11.0 Å². The highest BCUT2D eigenvalue weighted by molar-refractivity contribution is 5.54. The molecule has 0 aromatic heterocycles. The summed E-state index contributed by atoms with van der Waals surface area (Å²) in [5, 5.41) is 39.2. The summed E-state index contributed by atoms with van der Waals surface area (Å²) in [4.78, 5) is 10.8. The van der Waals surface area contributed by atoms with E-state index in [0.29, 0.717) is 0 Å². The number of nitrogens with two attached hydrogens (primary N) is 1. The van der Waals surface area contributed by atoms with Crippen LogP contribution < -0.4 is 5.73 Å². The van der Waals surface area contributed by atoms with Crippen LogP contribution in [-0.2, 0) is 0 Å². The van der Waals surface area contributed by atoms with Gasteiger partial charge in [-0.1, -0.05) is 13.8 Å². The fraction of sp³-hybridized carbons (Fsp3) is 0.583. The second-order valence-corrected chi connectivity index (χ2v) is 5.06. The normalized spacial score (nSPS) is 28.6. The maximum absolute atomic E-state index is 11.4. The van der Waals surface area contributed by atoms with E-state index in [0.717, 1.165) is 0 Å². The van der Waals surface area contributed by atoms with Crippen LogP contribution in [0.4, 0.5) is 0 Å². The molecule has 1 rings (SSSR count). The van der Waals surface area contributed by atoms with Crippen LogP contribution in [0.1, 0.15) is 20.8 Å². The number of nitro groups is 1. The molecule has 7 nitrogen and oxygen atoms in total. The summed E-state index contributed by atoms with van der Waals surface area (Å²) in [6.45, 7) is 4.60. The van der Waals surface area contributed by atoms with Crippen molar-refractivity contribution in [2.24, 2.45) is 23.0 Å². The summed E-state index contributed by atoms with van der Waals surface area (Å²) in [5.74, 6) is -1.33. The monoisotopic (exact) mass is 259 g/mol. The first kappa shape index (κ1) is 14.5. The van der Waals surface area contributed by atoms with Crippen molar-refractivity contribution in [1.82, 2.24) is 0 Å². The van der Waals surface area contributed by atoms with Gasteiger partial charge in [-0.25, -0.2) is 0 Å². The van der Waals surface area contributed by atoms with E-state index < -0.39 is 21.8 Å². The third-order valence-corrected chi connectivity index (χ3v) is 3.79. The Morgan fingerprint density at radius 1 is 1.37 bits per heavy atom. The fourth-order valence-electron chi connectivity index (χ4n) is 3.00. The van der Waals surface area contributed by atoms with Gasteiger partial charge in [-0.05, 0) is 5.92 Å². The Hall–Kier alpha value is -2.59. The summed E-state index contributed by atoms with van der Waals surface area (Å²) in [6.07, 6.45) is 0. The first-order valence-electron chi connectivity index (χ1n) is 5.61. The summed E-state index contributed by atoms with van der Waals surface area (Å²) in [6, 6.07) is 5.25. The molecule has 0 amide bonds. The van der Waals surface area contributed by atoms with E-state index in [1.807, 2.05) is 0 Å². The molecule has 0 heterocycles. The molecule has 0 saturated heterocycles. The van der Waals surface area contributed by atoms with Gasteiger partial charge in [0.05, 0.1) is 29.7 Å². The minimum atomic E-state index is -1.87. The summed E-state index contributed by atoms with van der Waals surface area (Å²) in [5.41, 5.74) is 1.50. The second kappa shape index (κ2) is 4.26. The van der Waals surface area contributed by atoms with Crippen molar-refractivity contribution in [3.63, 3.8) is 0 Å². The first-order valence-corrected chi connectivity index (χ1v) is 5.61. The van der Waals surface area contributed by atoms with Gasteiger partial charge < -0.3 is 5.73 Å². The Morgan fingerprint density at radius 3 is 2.11 bits per heavy atom. The molecular weight excluding hydrogens is 246 g/mol. The van der Waals surface area contributed by atoms with Crippen molar-refractivity contribution in [2.45, 2.75) is 26.3 Å². The molecule has 0 aromatic carbocycles. The van der Waals surface area contributed by atoms with Gasteiger partial charge in [0.2, 0.25) is 0 Å². The lowest BCUT2D eigenvalue weighted by Gasteiger charge is -2.32. The van der Waals surface area contributed by atoms with Gasteiger partial charge in [0.1, 0.15) is 5.70 Å². The van der Waals surface area contributed by atoms with E-state index in [2.05, 4.69) is 0 Å². The van der Waals surface area contributed by atoms with E-state index in [1.165, 1.54) is 6.92 Å². The van der Waals surface area contributed by atoms with Crippen LogP contribution in [0.25, 0.3) is 0 Å². The minimum Gasteiger partial charge on any atom is -0.395 e. The molecular formula is C12H13N5O2. The zero-order valence-electron chi connectivity index (χ0n) is 10.8. The number of nitrogens with zero attached hydrogens (tertiary/aromatic N) is 4. The predicted octanol–water partition coefficient (Wildman–Crippen LogP) is 1.08. The Balaban J connectivity index is 3.80. The lowest BCUT2D eigenvalue weighted by molar-refractivity contribution is -0.566. The smallest absolute Gasteiger partial charge is 0.265 e. The molecule has 0 bridgehead atoms. The van der Waals surface area contributed by atoms with Gasteiger partial charge in [0, 0.05) is 11.8 Å². The summed E-state index contributed by atoms with van der Waals surface area (Å²) in [7, 11) is 0. The average Bonchev–Trinajstić information content (AvgIpc) is 2.56. The molecule has 0 aliphatic heterocycles. The van der Waals surface area contributed by atoms with Crippen LogP contribution in [0.2, 0.25) is 0 Å². The molecule has 19 heavy (non-hydrogen) atoms. The molecule has 2 unspecified atom stereocenters. The van der Waals surface area contributed by atoms with Crippen molar-refractivity contribution in [2.75, 3.05) is 0 Å². The lowest BCUT2D eigenvalue weighted by Crippen LogP contribution is -2.50. The molecule has 1 aliphatic carbocycles. The van der Waals surface area contributed by atoms with Crippen molar-refractivity contribution in [3.05, 3.63) is 21.4 Å². The fourth-order valence-corrected chi connectivity index (χ4v) is 3.00. The molecule has 2 atom stereocenters. The Labute approximate surface area is 110 Å². The number of hydrogen-bond donors (Lipinski definition) is 1. The van der Waals surface area contributed by atoms with Crippen molar-refractivity contribution < 1.29 is 4.92 Å². The predicted molar refractivity (Wildman–Crippen MR) is 64.2 cm³/mol. The second-order valence-electron chi connectivity index (χ2n) is 5.06. The molecule has 2 N–H and O–H groups in total. The van der Waals surface area contributed by atoms with Crippen molar-refractivity contribution in [1.29, 1.82) is 15.8 Å². The Kier molecular flexibility index (Phi) is 3.24. The SMILES string of the molecule is CC(C)C1C(C#N)(C#N)C(C#N)=C(N)C1(C)[N+](=O)[O-]. The molecule has 0 saturated carbocycles. The average molecular weight is 259 g/mol. The van der Waals surface area contributed by atoms with Gasteiger partial charge in [0.15, 0.2) is 5.41 Å². The van der Waals surface area contributed by atoms with Crippen LogP contribution >= 0.6 is 0 Å². The van der Waals surface area contributed by atoms with Crippen LogP contribution in [0.15, 0.2) is 11.3 Å². The van der Waals surface area contributed by atoms with Crippen LogP contribution in [0.5, 0.6) is 0 Å². The van der Waals surface area contributed by atoms with E-state index in [-0.39, 0.29) is 17.2 Å². The summed E-state index contributed by atoms with van der Waals surface area (Å²) < 4.78 is 0. The van der Waals surface area contributed by atoms with Gasteiger partial charge in [-0.15, -0.1) is 0 Å². The van der Waals surface area contributed by atoms with Crippen molar-refractivity contribution >= 4 is 0 Å². The molecule has 0 spiro atoms. The lowest BCUT2D eigenvalue weighted by atomic mass is 9.66. The number of allylic oxidation sites excluding steroid dienone is 1. The maximum atomic E-state index is 11.4. The Bertz CT molecular complexity index is 573. The highest BCUT2D eigenvalue weighted by atomic mass is 16.6. The van der Waals surface area contributed by atoms with Crippen LogP contribution in [0.3, 0.4) is 0 Å². The maximum Gasteiger partial charge on any atom is 0.265 e. The third kappa shape index (κ3) is 1.47. The van der Waals surface area contributed by atoms with E-state index in [9.17, 15) is 20.6 Å². The topological polar surface area (TPSA) is 141 Å². The van der Waals surface area contributed by atoms with Crippen LogP contribution in [-0.4, -0.2) is 10.5 Å². The Morgan fingerprint density at radius 2 is 1.84 bits per heavy atom. The standard InChI is InChI=1S/C12H13N5O2/c1-7(2)9-11(3,17(18)19)10(16)8(4-13)12(9,5-14)6-15/h7,9H,16H2,1-3H3. The number of nitriles is 3. The molecule has 0 aromatic rings. The molecule has 98 valence electrons. The third-order valence-electron chi connectivity index (χ3n) is 3.79. The first-order chi connectivity index (χ1) is 8.73. The van der Waals surface area contributed by atoms with E-state index >= 15 is 0 Å². The van der Waals surface area contributed by atoms with E-state index in [1.54, 1.807) is 32.1 Å². The van der Waals surface area contributed by atoms with Crippen molar-refractivity contribution in [3.8, 4) is 18.2 Å². The minimum absolute atomic E-state index is 0.290. The van der Waals surface area contributed by atoms with Gasteiger partial charge in [-0.3, -0.25) is 10.1 Å². The zero-order valence-corrected chi connectivity index (χ0v) is 10.8. The highest BCUT2D eigenvalue weighted by Crippen LogP contribution is 2.54. The van der Waals surface area contributed by atoms with Gasteiger partial charge in [0.25, 0.3) is 5.54 Å². The molecule has 0 fully saturated rings. The molecule has 0 radical (unpaired) electrons. The molecule has 1 aliphatic rings. The van der Waals surface area contributed by atoms with Gasteiger partial charge >= 0.3 is 0 Å². The highest BCUT2D eigenvalue weighted by Gasteiger charge is 2.68. The summed E-state index contributed by atoms with van der Waals surface area (Å²) >= 11 is 0. The van der Waals surface area contributed by atoms with Gasteiger partial charge in [-0.2, -0.15) is 15.8 Å². The largest absolute Gasteiger partial charge is 0.395 e. The zero-order chi connectivity index (χ0) is 15.0. The number of rotatable bonds is 2. The van der Waals surface area contributed by atoms with Crippen LogP contribution in [0, 0.1) is 61.4 Å². The number of hydrogen-bond acceptors (Lipinski definition) is 6.